The number of nitrogens with one attached hydrogen (secondary N) is 1. The van der Waals surface area contributed by atoms with E-state index in [2.05, 4.69) is 20.4 Å². The van der Waals surface area contributed by atoms with E-state index in [1.165, 1.54) is 12.1 Å². The second-order valence-corrected chi connectivity index (χ2v) is 8.16. The molecule has 0 radical (unpaired) electrons. The molecule has 1 N–H and O–H groups in total. The molecule has 0 fully saturated rings. The van der Waals surface area contributed by atoms with Gasteiger partial charge in [-0.15, -0.1) is 0 Å². The van der Waals surface area contributed by atoms with Crippen molar-refractivity contribution in [3.05, 3.63) is 94.8 Å². The number of hydrogen-bond acceptors (Lipinski definition) is 5. The third-order valence-corrected chi connectivity index (χ3v) is 5.48. The van der Waals surface area contributed by atoms with Gasteiger partial charge in [-0.25, -0.2) is 23.9 Å². The molecule has 1 aromatic carbocycles. The Morgan fingerprint density at radius 3 is 2.65 bits per heavy atom. The van der Waals surface area contributed by atoms with Crippen LogP contribution in [0.1, 0.15) is 21.6 Å². The molecule has 0 saturated heterocycles. The number of amides is 1. The zero-order chi connectivity index (χ0) is 23.8. The number of aryl methyl sites for hydroxylation is 2. The normalized spacial score (nSPS) is 11.1. The molecule has 5 rings (SSSR count). The van der Waals surface area contributed by atoms with Crippen LogP contribution in [0.5, 0.6) is 0 Å². The molecule has 0 aliphatic carbocycles. The van der Waals surface area contributed by atoms with E-state index < -0.39 is 0 Å². The first kappa shape index (κ1) is 21.7. The third kappa shape index (κ3) is 4.11. The minimum absolute atomic E-state index is 0.239. The van der Waals surface area contributed by atoms with Crippen molar-refractivity contribution in [1.29, 1.82) is 0 Å². The molecule has 34 heavy (non-hydrogen) atoms. The van der Waals surface area contributed by atoms with E-state index in [1.54, 1.807) is 67.2 Å². The van der Waals surface area contributed by atoms with Gasteiger partial charge in [0, 0.05) is 34.8 Å². The Labute approximate surface area is 199 Å². The lowest BCUT2D eigenvalue weighted by Crippen LogP contribution is -2.13. The van der Waals surface area contributed by atoms with Gasteiger partial charge in [-0.3, -0.25) is 4.79 Å². The number of nitrogens with zero attached hydrogens (tertiary/aromatic N) is 5. The van der Waals surface area contributed by atoms with Crippen molar-refractivity contribution < 1.29 is 9.18 Å². The SMILES string of the molecule is Cc1cc(C(=O)Nc2cc(-c3c(-c4ccc(F)c(C)c4)nc4cccnn34)ccn2)cc(Cl)n1. The molecule has 9 heteroatoms. The minimum Gasteiger partial charge on any atom is -0.307 e. The minimum atomic E-state index is -0.359. The van der Waals surface area contributed by atoms with Gasteiger partial charge in [-0.05, 0) is 74.0 Å². The van der Waals surface area contributed by atoms with Crippen LogP contribution in [0.4, 0.5) is 10.2 Å². The maximum absolute atomic E-state index is 13.9. The molecule has 0 saturated carbocycles. The van der Waals surface area contributed by atoms with Crippen molar-refractivity contribution in [2.24, 2.45) is 0 Å². The maximum Gasteiger partial charge on any atom is 0.256 e. The van der Waals surface area contributed by atoms with Crippen molar-refractivity contribution >= 4 is 29.0 Å². The number of carbonyl (C=O) groups excluding carboxylic acids is 1. The summed E-state index contributed by atoms with van der Waals surface area (Å²) in [5.74, 6) is -0.296. The Bertz CT molecular complexity index is 1540. The number of aromatic nitrogens is 5. The second-order valence-electron chi connectivity index (χ2n) is 7.77. The van der Waals surface area contributed by atoms with Crippen molar-refractivity contribution in [1.82, 2.24) is 24.6 Å². The molecule has 1 amide bonds. The Hall–Kier alpha value is -4.17. The molecule has 5 aromatic rings. The fourth-order valence-corrected chi connectivity index (χ4v) is 3.99. The van der Waals surface area contributed by atoms with E-state index >= 15 is 0 Å². The number of fused-ring (bicyclic) bond motifs is 1. The summed E-state index contributed by atoms with van der Waals surface area (Å²) < 4.78 is 15.6. The highest BCUT2D eigenvalue weighted by molar-refractivity contribution is 6.29. The molecule has 4 aromatic heterocycles. The van der Waals surface area contributed by atoms with Crippen molar-refractivity contribution in [3.63, 3.8) is 0 Å². The summed E-state index contributed by atoms with van der Waals surface area (Å²) in [6.45, 7) is 3.47. The highest BCUT2D eigenvalue weighted by atomic mass is 35.5. The van der Waals surface area contributed by atoms with Gasteiger partial charge in [-0.2, -0.15) is 5.10 Å². The molecule has 7 nitrogen and oxygen atoms in total. The quantitative estimate of drug-likeness (QED) is 0.348. The average Bonchev–Trinajstić information content (AvgIpc) is 3.20. The number of pyridine rings is 2. The summed E-state index contributed by atoms with van der Waals surface area (Å²) in [5, 5.41) is 7.49. The zero-order valence-corrected chi connectivity index (χ0v) is 19.0. The lowest BCUT2D eigenvalue weighted by atomic mass is 10.0. The van der Waals surface area contributed by atoms with Crippen LogP contribution in [0.15, 0.2) is 67.0 Å². The van der Waals surface area contributed by atoms with E-state index in [9.17, 15) is 9.18 Å². The zero-order valence-electron chi connectivity index (χ0n) is 18.3. The van der Waals surface area contributed by atoms with E-state index in [-0.39, 0.29) is 16.9 Å². The van der Waals surface area contributed by atoms with Gasteiger partial charge in [0.05, 0.1) is 5.69 Å². The Morgan fingerprint density at radius 2 is 1.85 bits per heavy atom. The first-order valence-corrected chi connectivity index (χ1v) is 10.8. The molecule has 4 heterocycles. The van der Waals surface area contributed by atoms with Gasteiger partial charge in [-0.1, -0.05) is 11.6 Å². The van der Waals surface area contributed by atoms with Crippen LogP contribution in [-0.4, -0.2) is 30.5 Å². The van der Waals surface area contributed by atoms with Crippen LogP contribution in [0.3, 0.4) is 0 Å². The summed E-state index contributed by atoms with van der Waals surface area (Å²) in [7, 11) is 0. The lowest BCUT2D eigenvalue weighted by molar-refractivity contribution is 0.102. The highest BCUT2D eigenvalue weighted by Crippen LogP contribution is 2.33. The molecule has 0 aliphatic rings. The summed E-state index contributed by atoms with van der Waals surface area (Å²) in [6.07, 6.45) is 3.26. The van der Waals surface area contributed by atoms with Crippen LogP contribution >= 0.6 is 11.6 Å². The van der Waals surface area contributed by atoms with Gasteiger partial charge >= 0.3 is 0 Å². The van der Waals surface area contributed by atoms with E-state index in [1.807, 2.05) is 6.07 Å². The van der Waals surface area contributed by atoms with Gasteiger partial charge in [0.2, 0.25) is 0 Å². The van der Waals surface area contributed by atoms with E-state index in [4.69, 9.17) is 16.6 Å². The summed E-state index contributed by atoms with van der Waals surface area (Å²) >= 11 is 6.00. The van der Waals surface area contributed by atoms with Crippen LogP contribution in [-0.2, 0) is 0 Å². The van der Waals surface area contributed by atoms with Crippen LogP contribution in [0, 0.1) is 19.7 Å². The van der Waals surface area contributed by atoms with Gasteiger partial charge < -0.3 is 5.32 Å². The predicted octanol–water partition coefficient (Wildman–Crippen LogP) is 5.51. The first-order valence-electron chi connectivity index (χ1n) is 10.4. The molecule has 0 bridgehead atoms. The molecular formula is C25H18ClFN6O. The summed E-state index contributed by atoms with van der Waals surface area (Å²) in [4.78, 5) is 25.9. The smallest absolute Gasteiger partial charge is 0.256 e. The molecule has 0 spiro atoms. The second kappa shape index (κ2) is 8.64. The Kier molecular flexibility index (Phi) is 5.51. The Balaban J connectivity index is 1.59. The van der Waals surface area contributed by atoms with Crippen molar-refractivity contribution in [2.45, 2.75) is 13.8 Å². The monoisotopic (exact) mass is 472 g/mol. The number of hydrogen-bond donors (Lipinski definition) is 1. The number of imidazole rings is 1. The van der Waals surface area contributed by atoms with Crippen LogP contribution in [0.25, 0.3) is 28.2 Å². The van der Waals surface area contributed by atoms with Crippen LogP contribution < -0.4 is 5.32 Å². The van der Waals surface area contributed by atoms with E-state index in [0.717, 1.165) is 11.1 Å². The Morgan fingerprint density at radius 1 is 1.00 bits per heavy atom. The topological polar surface area (TPSA) is 85.1 Å². The molecule has 168 valence electrons. The maximum atomic E-state index is 13.9. The molecular weight excluding hydrogens is 455 g/mol. The van der Waals surface area contributed by atoms with Gasteiger partial charge in [0.15, 0.2) is 5.65 Å². The number of halogens is 2. The average molecular weight is 473 g/mol. The number of benzene rings is 1. The molecule has 0 unspecified atom stereocenters. The number of carbonyl (C=O) groups is 1. The molecule has 0 aliphatic heterocycles. The third-order valence-electron chi connectivity index (χ3n) is 5.28. The van der Waals surface area contributed by atoms with Gasteiger partial charge in [0.1, 0.15) is 22.5 Å². The fourth-order valence-electron chi connectivity index (χ4n) is 3.73. The number of anilines is 1. The fraction of sp³-hybridized carbons (Fsp3) is 0.0800. The predicted molar refractivity (Wildman–Crippen MR) is 128 cm³/mol. The van der Waals surface area contributed by atoms with Gasteiger partial charge in [0.25, 0.3) is 5.91 Å². The standard InChI is InChI=1S/C25H18ClFN6O/c1-14-10-16(5-6-19(14)27)23-24(33-22(32-23)4-3-8-29-33)17-7-9-28-21(13-17)31-25(34)18-11-15(2)30-20(26)12-18/h3-13H,1-2H3,(H,28,31,34). The summed E-state index contributed by atoms with van der Waals surface area (Å²) in [5.41, 5.74) is 4.99. The lowest BCUT2D eigenvalue weighted by Gasteiger charge is -2.09. The largest absolute Gasteiger partial charge is 0.307 e. The van der Waals surface area contributed by atoms with Crippen molar-refractivity contribution in [3.8, 4) is 22.5 Å². The van der Waals surface area contributed by atoms with Crippen molar-refractivity contribution in [2.75, 3.05) is 5.32 Å². The highest BCUT2D eigenvalue weighted by Gasteiger charge is 2.19. The first-order chi connectivity index (χ1) is 16.4. The van der Waals surface area contributed by atoms with Crippen LogP contribution in [0.2, 0.25) is 5.15 Å². The number of rotatable bonds is 4. The summed E-state index contributed by atoms with van der Waals surface area (Å²) in [6, 6.07) is 15.2. The molecule has 0 atom stereocenters. The van der Waals surface area contributed by atoms with E-state index in [0.29, 0.717) is 39.7 Å².